The SMILES string of the molecule is C[C@H](O)[C@H](O)[C@](C)(O)C[C@H](O)CO. The van der Waals surface area contributed by atoms with Crippen LogP contribution < -0.4 is 0 Å². The van der Waals surface area contributed by atoms with Gasteiger partial charge in [-0.15, -0.1) is 0 Å². The van der Waals surface area contributed by atoms with Gasteiger partial charge in [-0.3, -0.25) is 0 Å². The summed E-state index contributed by atoms with van der Waals surface area (Å²) in [6, 6.07) is 0. The Balaban J connectivity index is 4.21. The van der Waals surface area contributed by atoms with Gasteiger partial charge in [0.25, 0.3) is 0 Å². The Hall–Kier alpha value is -0.200. The summed E-state index contributed by atoms with van der Waals surface area (Å²) in [6.07, 6.45) is -3.70. The lowest BCUT2D eigenvalue weighted by Gasteiger charge is -2.32. The minimum atomic E-state index is -1.60. The highest BCUT2D eigenvalue weighted by Gasteiger charge is 2.35. The Morgan fingerprint density at radius 3 is 2.00 bits per heavy atom. The lowest BCUT2D eigenvalue weighted by molar-refractivity contribution is -0.130. The molecule has 0 aromatic rings. The van der Waals surface area contributed by atoms with Crippen molar-refractivity contribution >= 4 is 0 Å². The molecule has 13 heavy (non-hydrogen) atoms. The zero-order chi connectivity index (χ0) is 10.6. The average Bonchev–Trinajstić information content (AvgIpc) is 2.01. The van der Waals surface area contributed by atoms with E-state index >= 15 is 0 Å². The first-order valence-electron chi connectivity index (χ1n) is 4.18. The van der Waals surface area contributed by atoms with Crippen molar-refractivity contribution in [3.63, 3.8) is 0 Å². The minimum Gasteiger partial charge on any atom is -0.394 e. The molecule has 0 heterocycles. The summed E-state index contributed by atoms with van der Waals surface area (Å²) < 4.78 is 0. The van der Waals surface area contributed by atoms with E-state index in [4.69, 9.17) is 15.3 Å². The highest BCUT2D eigenvalue weighted by atomic mass is 16.4. The van der Waals surface area contributed by atoms with Crippen LogP contribution in [0.2, 0.25) is 0 Å². The third-order valence-electron chi connectivity index (χ3n) is 1.95. The van der Waals surface area contributed by atoms with Crippen LogP contribution in [0.25, 0.3) is 0 Å². The fraction of sp³-hybridized carbons (Fsp3) is 1.00. The fourth-order valence-electron chi connectivity index (χ4n) is 1.18. The van der Waals surface area contributed by atoms with Crippen molar-refractivity contribution in [2.45, 2.75) is 44.2 Å². The molecular weight excluding hydrogens is 176 g/mol. The molecule has 0 aliphatic rings. The van der Waals surface area contributed by atoms with Gasteiger partial charge >= 0.3 is 0 Å². The maximum atomic E-state index is 9.57. The average molecular weight is 194 g/mol. The lowest BCUT2D eigenvalue weighted by atomic mass is 9.89. The van der Waals surface area contributed by atoms with E-state index in [0.717, 1.165) is 0 Å². The van der Waals surface area contributed by atoms with Crippen LogP contribution in [0.15, 0.2) is 0 Å². The molecule has 4 atom stereocenters. The monoisotopic (exact) mass is 194 g/mol. The van der Waals surface area contributed by atoms with Crippen LogP contribution in [0.3, 0.4) is 0 Å². The first-order valence-corrected chi connectivity index (χ1v) is 4.18. The Labute approximate surface area is 77.3 Å². The fourth-order valence-corrected chi connectivity index (χ4v) is 1.18. The molecule has 0 rings (SSSR count). The predicted octanol–water partition coefficient (Wildman–Crippen LogP) is -1.78. The maximum absolute atomic E-state index is 9.57. The van der Waals surface area contributed by atoms with Crippen molar-refractivity contribution in [2.75, 3.05) is 6.61 Å². The number of aliphatic hydroxyl groups excluding tert-OH is 4. The molecular formula is C8H18O5. The van der Waals surface area contributed by atoms with E-state index in [1.165, 1.54) is 13.8 Å². The number of rotatable bonds is 5. The van der Waals surface area contributed by atoms with Gasteiger partial charge in [0.2, 0.25) is 0 Å². The molecule has 0 aliphatic carbocycles. The van der Waals surface area contributed by atoms with E-state index in [-0.39, 0.29) is 6.42 Å². The van der Waals surface area contributed by atoms with E-state index in [1.807, 2.05) is 0 Å². The molecule has 0 aliphatic heterocycles. The van der Waals surface area contributed by atoms with Gasteiger partial charge in [-0.05, 0) is 13.8 Å². The first kappa shape index (κ1) is 12.8. The molecule has 0 saturated heterocycles. The summed E-state index contributed by atoms with van der Waals surface area (Å²) in [5.41, 5.74) is -1.60. The summed E-state index contributed by atoms with van der Waals surface area (Å²) in [4.78, 5) is 0. The summed E-state index contributed by atoms with van der Waals surface area (Å²) in [7, 11) is 0. The smallest absolute Gasteiger partial charge is 0.108 e. The summed E-state index contributed by atoms with van der Waals surface area (Å²) in [5, 5.41) is 45.4. The molecule has 5 heteroatoms. The maximum Gasteiger partial charge on any atom is 0.108 e. The lowest BCUT2D eigenvalue weighted by Crippen LogP contribution is -2.48. The molecule has 0 amide bonds. The van der Waals surface area contributed by atoms with Crippen molar-refractivity contribution in [1.82, 2.24) is 0 Å². The van der Waals surface area contributed by atoms with E-state index in [1.54, 1.807) is 0 Å². The Morgan fingerprint density at radius 2 is 1.69 bits per heavy atom. The van der Waals surface area contributed by atoms with Crippen molar-refractivity contribution in [2.24, 2.45) is 0 Å². The molecule has 0 unspecified atom stereocenters. The third-order valence-corrected chi connectivity index (χ3v) is 1.95. The molecule has 0 aromatic carbocycles. The van der Waals surface area contributed by atoms with Crippen molar-refractivity contribution in [1.29, 1.82) is 0 Å². The van der Waals surface area contributed by atoms with Gasteiger partial charge < -0.3 is 25.5 Å². The summed E-state index contributed by atoms with van der Waals surface area (Å²) in [5.74, 6) is 0. The molecule has 0 saturated carbocycles. The third kappa shape index (κ3) is 4.02. The topological polar surface area (TPSA) is 101 Å². The van der Waals surface area contributed by atoms with Crippen LogP contribution in [-0.4, -0.2) is 56.1 Å². The highest BCUT2D eigenvalue weighted by molar-refractivity contribution is 4.87. The second kappa shape index (κ2) is 4.88. The van der Waals surface area contributed by atoms with Gasteiger partial charge in [0.1, 0.15) is 6.10 Å². The van der Waals surface area contributed by atoms with Gasteiger partial charge in [0, 0.05) is 6.42 Å². The number of aliphatic hydroxyl groups is 5. The number of hydrogen-bond acceptors (Lipinski definition) is 5. The molecule has 80 valence electrons. The molecule has 0 spiro atoms. The van der Waals surface area contributed by atoms with E-state index in [2.05, 4.69) is 0 Å². The van der Waals surface area contributed by atoms with Crippen LogP contribution in [0.1, 0.15) is 20.3 Å². The molecule has 5 nitrogen and oxygen atoms in total. The molecule has 0 bridgehead atoms. The molecule has 0 fully saturated rings. The van der Waals surface area contributed by atoms with Gasteiger partial charge in [-0.25, -0.2) is 0 Å². The predicted molar refractivity (Wildman–Crippen MR) is 46.0 cm³/mol. The summed E-state index contributed by atoms with van der Waals surface area (Å²) in [6.45, 7) is 2.15. The first-order chi connectivity index (χ1) is 5.81. The Bertz CT molecular complexity index is 145. The van der Waals surface area contributed by atoms with E-state index in [9.17, 15) is 10.2 Å². The van der Waals surface area contributed by atoms with Crippen molar-refractivity contribution < 1.29 is 25.5 Å². The molecule has 0 radical (unpaired) electrons. The van der Waals surface area contributed by atoms with Crippen LogP contribution in [0.4, 0.5) is 0 Å². The van der Waals surface area contributed by atoms with Crippen LogP contribution in [-0.2, 0) is 0 Å². The van der Waals surface area contributed by atoms with Gasteiger partial charge in [0.05, 0.1) is 24.4 Å². The number of hydrogen-bond donors (Lipinski definition) is 5. The van der Waals surface area contributed by atoms with Gasteiger partial charge in [0.15, 0.2) is 0 Å². The zero-order valence-corrected chi connectivity index (χ0v) is 7.88. The quantitative estimate of drug-likeness (QED) is 0.356. The second-order valence-electron chi connectivity index (χ2n) is 3.58. The van der Waals surface area contributed by atoms with Crippen molar-refractivity contribution in [3.05, 3.63) is 0 Å². The zero-order valence-electron chi connectivity index (χ0n) is 7.88. The van der Waals surface area contributed by atoms with Crippen molar-refractivity contribution in [3.8, 4) is 0 Å². The molecule has 0 aromatic heterocycles. The second-order valence-corrected chi connectivity index (χ2v) is 3.58. The standard InChI is InChI=1S/C8H18O5/c1-5(10)7(12)8(2,13)3-6(11)4-9/h5-7,9-13H,3-4H2,1-2H3/t5-,6-,7-,8+/m0/s1. The normalized spacial score (nSPS) is 23.3. The summed E-state index contributed by atoms with van der Waals surface area (Å²) >= 11 is 0. The highest BCUT2D eigenvalue weighted by Crippen LogP contribution is 2.19. The minimum absolute atomic E-state index is 0.185. The van der Waals surface area contributed by atoms with E-state index < -0.39 is 30.5 Å². The van der Waals surface area contributed by atoms with Gasteiger partial charge in [-0.2, -0.15) is 0 Å². The Kier molecular flexibility index (Phi) is 4.80. The van der Waals surface area contributed by atoms with Crippen LogP contribution in [0.5, 0.6) is 0 Å². The van der Waals surface area contributed by atoms with E-state index in [0.29, 0.717) is 0 Å². The van der Waals surface area contributed by atoms with Crippen LogP contribution in [0, 0.1) is 0 Å². The molecule has 5 N–H and O–H groups in total. The van der Waals surface area contributed by atoms with Crippen LogP contribution >= 0.6 is 0 Å². The van der Waals surface area contributed by atoms with Gasteiger partial charge in [-0.1, -0.05) is 0 Å². The Morgan fingerprint density at radius 1 is 1.23 bits per heavy atom. The largest absolute Gasteiger partial charge is 0.394 e.